The highest BCUT2D eigenvalue weighted by Gasteiger charge is 2.18. The first-order chi connectivity index (χ1) is 9.38. The van der Waals surface area contributed by atoms with Crippen LogP contribution in [-0.4, -0.2) is 13.2 Å². The van der Waals surface area contributed by atoms with Gasteiger partial charge in [0.25, 0.3) is 0 Å². The Hall–Kier alpha value is -2.15. The molecule has 1 aliphatic rings. The molecule has 0 atom stereocenters. The van der Waals surface area contributed by atoms with Crippen molar-refractivity contribution in [2.45, 2.75) is 6.29 Å². The summed E-state index contributed by atoms with van der Waals surface area (Å²) in [6.07, 6.45) is -0.283. The van der Waals surface area contributed by atoms with E-state index in [4.69, 9.17) is 14.7 Å². The molecular formula is C16H13NO2. The lowest BCUT2D eigenvalue weighted by molar-refractivity contribution is -0.0440. The number of nitriles is 1. The normalized spacial score (nSPS) is 15.3. The minimum atomic E-state index is -0.283. The van der Waals surface area contributed by atoms with Gasteiger partial charge < -0.3 is 9.47 Å². The van der Waals surface area contributed by atoms with Crippen LogP contribution in [0.4, 0.5) is 0 Å². The second-order valence-corrected chi connectivity index (χ2v) is 4.36. The summed E-state index contributed by atoms with van der Waals surface area (Å²) in [5, 5.41) is 9.16. The number of benzene rings is 2. The molecule has 3 rings (SSSR count). The summed E-state index contributed by atoms with van der Waals surface area (Å²) in [6, 6.07) is 17.8. The Morgan fingerprint density at radius 3 is 2.58 bits per heavy atom. The number of hydrogen-bond donors (Lipinski definition) is 0. The second kappa shape index (κ2) is 5.23. The summed E-state index contributed by atoms with van der Waals surface area (Å²) >= 11 is 0. The van der Waals surface area contributed by atoms with Crippen molar-refractivity contribution in [2.75, 3.05) is 13.2 Å². The van der Waals surface area contributed by atoms with Gasteiger partial charge in [0.1, 0.15) is 0 Å². The van der Waals surface area contributed by atoms with Gasteiger partial charge in [0, 0.05) is 5.56 Å². The fraction of sp³-hybridized carbons (Fsp3) is 0.188. The van der Waals surface area contributed by atoms with Crippen molar-refractivity contribution in [3.63, 3.8) is 0 Å². The highest BCUT2D eigenvalue weighted by Crippen LogP contribution is 2.29. The lowest BCUT2D eigenvalue weighted by Gasteiger charge is -2.11. The third-order valence-corrected chi connectivity index (χ3v) is 3.14. The number of rotatable bonds is 2. The molecule has 0 spiro atoms. The van der Waals surface area contributed by atoms with E-state index in [9.17, 15) is 0 Å². The van der Waals surface area contributed by atoms with Crippen LogP contribution >= 0.6 is 0 Å². The molecule has 0 bridgehead atoms. The third-order valence-electron chi connectivity index (χ3n) is 3.14. The molecule has 1 aliphatic heterocycles. The van der Waals surface area contributed by atoms with Gasteiger partial charge in [0.05, 0.1) is 24.8 Å². The van der Waals surface area contributed by atoms with Crippen LogP contribution in [0, 0.1) is 11.3 Å². The topological polar surface area (TPSA) is 42.2 Å². The average Bonchev–Trinajstić information content (AvgIpc) is 3.01. The van der Waals surface area contributed by atoms with Crippen LogP contribution in [0.15, 0.2) is 48.5 Å². The van der Waals surface area contributed by atoms with Crippen molar-refractivity contribution in [2.24, 2.45) is 0 Å². The highest BCUT2D eigenvalue weighted by atomic mass is 16.7. The average molecular weight is 251 g/mol. The van der Waals surface area contributed by atoms with Crippen molar-refractivity contribution in [3.05, 3.63) is 59.7 Å². The molecule has 0 aromatic heterocycles. The van der Waals surface area contributed by atoms with Gasteiger partial charge in [-0.05, 0) is 23.3 Å². The van der Waals surface area contributed by atoms with E-state index in [1.165, 1.54) is 0 Å². The van der Waals surface area contributed by atoms with Crippen LogP contribution in [0.1, 0.15) is 17.4 Å². The summed E-state index contributed by atoms with van der Waals surface area (Å²) in [5.41, 5.74) is 3.61. The monoisotopic (exact) mass is 251 g/mol. The van der Waals surface area contributed by atoms with E-state index in [-0.39, 0.29) is 6.29 Å². The van der Waals surface area contributed by atoms with Crippen molar-refractivity contribution in [3.8, 4) is 17.2 Å². The molecule has 1 fully saturated rings. The predicted octanol–water partition coefficient (Wildman–Crippen LogP) is 3.27. The lowest BCUT2D eigenvalue weighted by atomic mass is 9.98. The maximum Gasteiger partial charge on any atom is 0.184 e. The van der Waals surface area contributed by atoms with Crippen LogP contribution in [0.5, 0.6) is 0 Å². The predicted molar refractivity (Wildman–Crippen MR) is 71.2 cm³/mol. The van der Waals surface area contributed by atoms with Crippen LogP contribution in [0.25, 0.3) is 11.1 Å². The molecule has 2 aromatic carbocycles. The number of ether oxygens (including phenoxy) is 2. The SMILES string of the molecule is N#Cc1ccccc1-c1cccc(C2OCCO2)c1. The summed E-state index contributed by atoms with van der Waals surface area (Å²) in [4.78, 5) is 0. The maximum atomic E-state index is 9.16. The zero-order chi connectivity index (χ0) is 13.1. The zero-order valence-corrected chi connectivity index (χ0v) is 10.4. The van der Waals surface area contributed by atoms with Gasteiger partial charge in [0.2, 0.25) is 0 Å². The van der Waals surface area contributed by atoms with Gasteiger partial charge in [-0.1, -0.05) is 36.4 Å². The molecule has 3 heteroatoms. The van der Waals surface area contributed by atoms with Crippen LogP contribution in [0.3, 0.4) is 0 Å². The largest absolute Gasteiger partial charge is 0.346 e. The third kappa shape index (κ3) is 2.37. The Labute approximate surface area is 112 Å². The van der Waals surface area contributed by atoms with Gasteiger partial charge in [-0.3, -0.25) is 0 Å². The Morgan fingerprint density at radius 2 is 1.79 bits per heavy atom. The van der Waals surface area contributed by atoms with Gasteiger partial charge >= 0.3 is 0 Å². The lowest BCUT2D eigenvalue weighted by Crippen LogP contribution is -1.98. The van der Waals surface area contributed by atoms with E-state index in [0.29, 0.717) is 18.8 Å². The van der Waals surface area contributed by atoms with Crippen molar-refractivity contribution in [1.29, 1.82) is 5.26 Å². The summed E-state index contributed by atoms with van der Waals surface area (Å²) in [5.74, 6) is 0. The Bertz CT molecular complexity index is 625. The molecule has 2 aromatic rings. The van der Waals surface area contributed by atoms with E-state index in [1.807, 2.05) is 48.5 Å². The van der Waals surface area contributed by atoms with Crippen LogP contribution in [0.2, 0.25) is 0 Å². The Morgan fingerprint density at radius 1 is 1.00 bits per heavy atom. The Balaban J connectivity index is 2.01. The summed E-state index contributed by atoms with van der Waals surface area (Å²) < 4.78 is 11.0. The first kappa shape index (κ1) is 11.9. The molecular weight excluding hydrogens is 238 g/mol. The number of hydrogen-bond acceptors (Lipinski definition) is 3. The molecule has 0 N–H and O–H groups in total. The van der Waals surface area contributed by atoms with Gasteiger partial charge in [-0.15, -0.1) is 0 Å². The molecule has 94 valence electrons. The molecule has 0 saturated carbocycles. The molecule has 0 aliphatic carbocycles. The van der Waals surface area contributed by atoms with Crippen molar-refractivity contribution < 1.29 is 9.47 Å². The molecule has 0 radical (unpaired) electrons. The fourth-order valence-electron chi connectivity index (χ4n) is 2.24. The first-order valence-electron chi connectivity index (χ1n) is 6.21. The zero-order valence-electron chi connectivity index (χ0n) is 10.4. The van der Waals surface area contributed by atoms with E-state index in [0.717, 1.165) is 16.7 Å². The molecule has 3 nitrogen and oxygen atoms in total. The van der Waals surface area contributed by atoms with Crippen LogP contribution in [-0.2, 0) is 9.47 Å². The Kier molecular flexibility index (Phi) is 3.28. The van der Waals surface area contributed by atoms with E-state index >= 15 is 0 Å². The first-order valence-corrected chi connectivity index (χ1v) is 6.21. The van der Waals surface area contributed by atoms with Crippen LogP contribution < -0.4 is 0 Å². The molecule has 19 heavy (non-hydrogen) atoms. The quantitative estimate of drug-likeness (QED) is 0.822. The molecule has 0 unspecified atom stereocenters. The molecule has 1 heterocycles. The molecule has 1 saturated heterocycles. The van der Waals surface area contributed by atoms with Crippen molar-refractivity contribution in [1.82, 2.24) is 0 Å². The minimum Gasteiger partial charge on any atom is -0.346 e. The smallest absolute Gasteiger partial charge is 0.184 e. The van der Waals surface area contributed by atoms with E-state index in [1.54, 1.807) is 0 Å². The van der Waals surface area contributed by atoms with Gasteiger partial charge in [0.15, 0.2) is 6.29 Å². The van der Waals surface area contributed by atoms with Crippen molar-refractivity contribution >= 4 is 0 Å². The highest BCUT2D eigenvalue weighted by molar-refractivity contribution is 5.70. The summed E-state index contributed by atoms with van der Waals surface area (Å²) in [7, 11) is 0. The number of nitrogens with zero attached hydrogens (tertiary/aromatic N) is 1. The standard InChI is InChI=1S/C16H13NO2/c17-11-14-4-1-2-7-15(14)12-5-3-6-13(10-12)16-18-8-9-19-16/h1-7,10,16H,8-9H2. The summed E-state index contributed by atoms with van der Waals surface area (Å²) in [6.45, 7) is 1.26. The molecule has 0 amide bonds. The fourth-order valence-corrected chi connectivity index (χ4v) is 2.24. The minimum absolute atomic E-state index is 0.283. The van der Waals surface area contributed by atoms with Gasteiger partial charge in [-0.2, -0.15) is 5.26 Å². The van der Waals surface area contributed by atoms with Gasteiger partial charge in [-0.25, -0.2) is 0 Å². The van der Waals surface area contributed by atoms with E-state index in [2.05, 4.69) is 6.07 Å². The second-order valence-electron chi connectivity index (χ2n) is 4.36. The maximum absolute atomic E-state index is 9.16. The van der Waals surface area contributed by atoms with E-state index < -0.39 is 0 Å².